The van der Waals surface area contributed by atoms with Crippen LogP contribution >= 0.6 is 0 Å². The van der Waals surface area contributed by atoms with E-state index in [1.54, 1.807) is 0 Å². The van der Waals surface area contributed by atoms with Crippen LogP contribution in [0.25, 0.3) is 0 Å². The average molecular weight is 153 g/mol. The molecule has 0 aromatic heterocycles. The molecule has 0 aromatic rings. The Morgan fingerprint density at radius 2 is 1.73 bits per heavy atom. The van der Waals surface area contributed by atoms with Crippen molar-refractivity contribution >= 4 is 0 Å². The van der Waals surface area contributed by atoms with Crippen LogP contribution in [0.4, 0.5) is 0 Å². The van der Waals surface area contributed by atoms with Crippen LogP contribution in [0, 0.1) is 5.41 Å². The zero-order chi connectivity index (χ0) is 9.07. The van der Waals surface area contributed by atoms with Crippen LogP contribution in [0.1, 0.15) is 33.6 Å². The summed E-state index contributed by atoms with van der Waals surface area (Å²) in [5.41, 5.74) is 7.65. The van der Waals surface area contributed by atoms with Gasteiger partial charge in [0.1, 0.15) is 0 Å². The third kappa shape index (κ3) is 7.17. The highest BCUT2D eigenvalue weighted by atomic mass is 14.6. The first kappa shape index (κ1) is 10.3. The summed E-state index contributed by atoms with van der Waals surface area (Å²) in [5, 5.41) is 0. The van der Waals surface area contributed by atoms with Gasteiger partial charge in [0.15, 0.2) is 0 Å². The van der Waals surface area contributed by atoms with E-state index in [2.05, 4.69) is 33.9 Å². The van der Waals surface area contributed by atoms with Crippen molar-refractivity contribution in [2.75, 3.05) is 0 Å². The van der Waals surface area contributed by atoms with Gasteiger partial charge in [0.05, 0.1) is 0 Å². The van der Waals surface area contributed by atoms with Gasteiger partial charge in [-0.25, -0.2) is 0 Å². The number of allylic oxidation sites excluding steroid dienone is 1. The van der Waals surface area contributed by atoms with Gasteiger partial charge in [-0.2, -0.15) is 0 Å². The van der Waals surface area contributed by atoms with E-state index in [1.807, 2.05) is 0 Å². The molecule has 0 heterocycles. The van der Waals surface area contributed by atoms with Crippen molar-refractivity contribution in [3.63, 3.8) is 0 Å². The molecule has 0 saturated carbocycles. The maximum absolute atomic E-state index is 5.46. The fourth-order valence-electron chi connectivity index (χ4n) is 1.13. The van der Waals surface area contributed by atoms with Gasteiger partial charge in [0, 0.05) is 12.1 Å². The van der Waals surface area contributed by atoms with Gasteiger partial charge in [0.25, 0.3) is 0 Å². The van der Waals surface area contributed by atoms with E-state index in [-0.39, 0.29) is 0 Å². The summed E-state index contributed by atoms with van der Waals surface area (Å²) >= 11 is 0. The molecule has 2 N–H and O–H groups in total. The SMILES string of the molecule is C=C(N)CC(=C)CC(C)(C)C. The quantitative estimate of drug-likeness (QED) is 0.620. The van der Waals surface area contributed by atoms with E-state index in [1.165, 1.54) is 5.57 Å². The highest BCUT2D eigenvalue weighted by Crippen LogP contribution is 2.25. The largest absolute Gasteiger partial charge is 0.402 e. The summed E-state index contributed by atoms with van der Waals surface area (Å²) in [6.45, 7) is 14.2. The van der Waals surface area contributed by atoms with Gasteiger partial charge >= 0.3 is 0 Å². The van der Waals surface area contributed by atoms with Crippen molar-refractivity contribution in [2.24, 2.45) is 11.1 Å². The topological polar surface area (TPSA) is 26.0 Å². The predicted molar refractivity (Wildman–Crippen MR) is 51.2 cm³/mol. The standard InChI is InChI=1S/C10H19N/c1-8(6-9(2)11)7-10(3,4)5/h1-2,6-7,11H2,3-5H3. The van der Waals surface area contributed by atoms with Crippen LogP contribution in [0.15, 0.2) is 24.4 Å². The van der Waals surface area contributed by atoms with Gasteiger partial charge in [0.2, 0.25) is 0 Å². The zero-order valence-electron chi connectivity index (χ0n) is 7.91. The number of nitrogens with two attached hydrogens (primary N) is 1. The lowest BCUT2D eigenvalue weighted by Crippen LogP contribution is -2.07. The molecule has 0 unspecified atom stereocenters. The first-order valence-corrected chi connectivity index (χ1v) is 3.91. The second kappa shape index (κ2) is 3.61. The van der Waals surface area contributed by atoms with Crippen molar-refractivity contribution in [1.82, 2.24) is 0 Å². The number of hydrogen-bond acceptors (Lipinski definition) is 1. The van der Waals surface area contributed by atoms with E-state index in [9.17, 15) is 0 Å². The Balaban J connectivity index is 3.80. The van der Waals surface area contributed by atoms with E-state index in [4.69, 9.17) is 5.73 Å². The fourth-order valence-corrected chi connectivity index (χ4v) is 1.13. The van der Waals surface area contributed by atoms with Crippen molar-refractivity contribution in [3.8, 4) is 0 Å². The third-order valence-corrected chi connectivity index (χ3v) is 1.26. The fraction of sp³-hybridized carbons (Fsp3) is 0.600. The Bertz CT molecular complexity index is 160. The van der Waals surface area contributed by atoms with Gasteiger partial charge < -0.3 is 5.73 Å². The van der Waals surface area contributed by atoms with Crippen LogP contribution in [0.3, 0.4) is 0 Å². The number of rotatable bonds is 3. The second-order valence-corrected chi connectivity index (χ2v) is 4.32. The lowest BCUT2D eigenvalue weighted by molar-refractivity contribution is 0.407. The molecule has 1 heteroatoms. The molecule has 0 aliphatic heterocycles. The summed E-state index contributed by atoms with van der Waals surface area (Å²) in [6, 6.07) is 0. The van der Waals surface area contributed by atoms with Crippen molar-refractivity contribution in [1.29, 1.82) is 0 Å². The maximum atomic E-state index is 5.46. The zero-order valence-corrected chi connectivity index (χ0v) is 7.91. The average Bonchev–Trinajstić information content (AvgIpc) is 1.53. The van der Waals surface area contributed by atoms with E-state index >= 15 is 0 Å². The Labute approximate surface area is 70.0 Å². The van der Waals surface area contributed by atoms with Gasteiger partial charge in [-0.3, -0.25) is 0 Å². The van der Waals surface area contributed by atoms with Crippen molar-refractivity contribution < 1.29 is 0 Å². The molecule has 0 aromatic carbocycles. The molecule has 0 aliphatic carbocycles. The molecule has 0 spiro atoms. The molecular weight excluding hydrogens is 134 g/mol. The van der Waals surface area contributed by atoms with Crippen molar-refractivity contribution in [2.45, 2.75) is 33.6 Å². The minimum absolute atomic E-state index is 0.312. The Kier molecular flexibility index (Phi) is 3.37. The molecular formula is C10H19N. The van der Waals surface area contributed by atoms with Gasteiger partial charge in [-0.05, 0) is 11.8 Å². The van der Waals surface area contributed by atoms with Crippen LogP contribution in [0.2, 0.25) is 0 Å². The summed E-state index contributed by atoms with van der Waals surface area (Å²) < 4.78 is 0. The van der Waals surface area contributed by atoms with Crippen LogP contribution in [-0.4, -0.2) is 0 Å². The van der Waals surface area contributed by atoms with Gasteiger partial charge in [-0.1, -0.05) is 39.5 Å². The Hall–Kier alpha value is -0.720. The Morgan fingerprint density at radius 3 is 2.00 bits per heavy atom. The van der Waals surface area contributed by atoms with Crippen LogP contribution in [0.5, 0.6) is 0 Å². The highest BCUT2D eigenvalue weighted by molar-refractivity contribution is 5.07. The van der Waals surface area contributed by atoms with Gasteiger partial charge in [-0.15, -0.1) is 0 Å². The van der Waals surface area contributed by atoms with Crippen molar-refractivity contribution in [3.05, 3.63) is 24.4 Å². The molecule has 0 bridgehead atoms. The summed E-state index contributed by atoms with van der Waals surface area (Å²) in [7, 11) is 0. The highest BCUT2D eigenvalue weighted by Gasteiger charge is 2.11. The van der Waals surface area contributed by atoms with E-state index in [0.29, 0.717) is 11.1 Å². The molecule has 0 fully saturated rings. The van der Waals surface area contributed by atoms with Crippen LogP contribution in [-0.2, 0) is 0 Å². The molecule has 0 atom stereocenters. The summed E-state index contributed by atoms with van der Waals surface area (Å²) in [6.07, 6.45) is 1.78. The molecule has 0 rings (SSSR count). The normalized spacial score (nSPS) is 11.2. The first-order valence-electron chi connectivity index (χ1n) is 3.91. The molecule has 64 valence electrons. The first-order chi connectivity index (χ1) is 4.81. The molecule has 1 nitrogen and oxygen atoms in total. The van der Waals surface area contributed by atoms with Crippen LogP contribution < -0.4 is 5.73 Å². The summed E-state index contributed by atoms with van der Waals surface area (Å²) in [4.78, 5) is 0. The molecule has 11 heavy (non-hydrogen) atoms. The summed E-state index contributed by atoms with van der Waals surface area (Å²) in [5.74, 6) is 0. The predicted octanol–water partition coefficient (Wildman–Crippen LogP) is 2.84. The third-order valence-electron chi connectivity index (χ3n) is 1.26. The monoisotopic (exact) mass is 153 g/mol. The lowest BCUT2D eigenvalue weighted by Gasteiger charge is -2.19. The minimum atomic E-state index is 0.312. The lowest BCUT2D eigenvalue weighted by atomic mass is 9.87. The minimum Gasteiger partial charge on any atom is -0.402 e. The number of hydrogen-bond donors (Lipinski definition) is 1. The molecule has 0 amide bonds. The smallest absolute Gasteiger partial charge is 0.00710 e. The molecule has 0 radical (unpaired) electrons. The Morgan fingerprint density at radius 1 is 1.27 bits per heavy atom. The molecule has 0 saturated heterocycles. The maximum Gasteiger partial charge on any atom is 0.00710 e. The van der Waals surface area contributed by atoms with E-state index in [0.717, 1.165) is 12.8 Å². The van der Waals surface area contributed by atoms with E-state index < -0.39 is 0 Å². The second-order valence-electron chi connectivity index (χ2n) is 4.32. The molecule has 0 aliphatic rings.